The van der Waals surface area contributed by atoms with Gasteiger partial charge >= 0.3 is 6.18 Å². The van der Waals surface area contributed by atoms with Gasteiger partial charge in [0.2, 0.25) is 0 Å². The van der Waals surface area contributed by atoms with Gasteiger partial charge < -0.3 is 5.32 Å². The molecule has 94 valence electrons. The minimum Gasteiger partial charge on any atom is -0.358 e. The quantitative estimate of drug-likeness (QED) is 0.817. The summed E-state index contributed by atoms with van der Waals surface area (Å²) >= 11 is 0. The molecule has 0 saturated carbocycles. The molecule has 0 amide bonds. The van der Waals surface area contributed by atoms with Crippen molar-refractivity contribution >= 4 is 5.82 Å². The number of hydrogen-bond donors (Lipinski definition) is 1. The second kappa shape index (κ2) is 4.20. The van der Waals surface area contributed by atoms with Gasteiger partial charge in [-0.25, -0.2) is 4.98 Å². The molecule has 2 nitrogen and oxygen atoms in total. The molecule has 1 unspecified atom stereocenters. The summed E-state index contributed by atoms with van der Waals surface area (Å²) in [6, 6.07) is 2.29. The second-order valence-electron chi connectivity index (χ2n) is 4.68. The predicted molar refractivity (Wildman–Crippen MR) is 60.1 cm³/mol. The fraction of sp³-hybridized carbons (Fsp3) is 0.583. The zero-order valence-electron chi connectivity index (χ0n) is 9.80. The molecule has 17 heavy (non-hydrogen) atoms. The number of rotatable bonds is 1. The fourth-order valence-corrected chi connectivity index (χ4v) is 1.93. The average molecular weight is 244 g/mol. The first-order valence-electron chi connectivity index (χ1n) is 5.71. The van der Waals surface area contributed by atoms with Crippen LogP contribution in [0.2, 0.25) is 0 Å². The largest absolute Gasteiger partial charge is 0.408 e. The molecule has 0 aromatic carbocycles. The molecule has 2 heterocycles. The molecule has 5 heteroatoms. The second-order valence-corrected chi connectivity index (χ2v) is 4.68. The maximum Gasteiger partial charge on any atom is 0.408 e. The van der Waals surface area contributed by atoms with Crippen LogP contribution >= 0.6 is 0 Å². The van der Waals surface area contributed by atoms with Crippen LogP contribution in [0, 0.1) is 0 Å². The van der Waals surface area contributed by atoms with Gasteiger partial charge in [0.05, 0.1) is 0 Å². The molecule has 0 aliphatic carbocycles. The number of anilines is 1. The first-order chi connectivity index (χ1) is 7.88. The highest BCUT2D eigenvalue weighted by Crippen LogP contribution is 2.32. The normalized spacial score (nSPS) is 20.0. The molecular formula is C12H15F3N2. The van der Waals surface area contributed by atoms with Crippen molar-refractivity contribution in [2.45, 2.75) is 44.8 Å². The molecule has 1 aliphatic heterocycles. The number of nitrogens with one attached hydrogen (secondary N) is 1. The van der Waals surface area contributed by atoms with Crippen LogP contribution in [0.15, 0.2) is 12.1 Å². The predicted octanol–water partition coefficient (Wildman–Crippen LogP) is 3.49. The third kappa shape index (κ3) is 2.53. The topological polar surface area (TPSA) is 24.9 Å². The van der Waals surface area contributed by atoms with Gasteiger partial charge in [-0.3, -0.25) is 0 Å². The minimum absolute atomic E-state index is 0.0825. The molecule has 0 fully saturated rings. The lowest BCUT2D eigenvalue weighted by atomic mass is 9.99. The number of hydrogen-bond acceptors (Lipinski definition) is 2. The monoisotopic (exact) mass is 244 g/mol. The van der Waals surface area contributed by atoms with Crippen LogP contribution < -0.4 is 5.32 Å². The molecule has 1 aromatic rings. The molecule has 0 radical (unpaired) electrons. The van der Waals surface area contributed by atoms with Gasteiger partial charge in [0.15, 0.2) is 0 Å². The van der Waals surface area contributed by atoms with Crippen molar-refractivity contribution in [1.29, 1.82) is 0 Å². The number of aromatic nitrogens is 1. The van der Waals surface area contributed by atoms with Crippen molar-refractivity contribution in [2.75, 3.05) is 5.32 Å². The van der Waals surface area contributed by atoms with Crippen LogP contribution in [-0.4, -0.2) is 17.2 Å². The van der Waals surface area contributed by atoms with Gasteiger partial charge in [-0.15, -0.1) is 0 Å². The zero-order chi connectivity index (χ0) is 12.6. The lowest BCUT2D eigenvalue weighted by molar-refractivity contribution is -0.144. The van der Waals surface area contributed by atoms with E-state index in [1.54, 1.807) is 0 Å². The van der Waals surface area contributed by atoms with Crippen molar-refractivity contribution in [3.63, 3.8) is 0 Å². The molecule has 1 N–H and O–H groups in total. The Labute approximate surface area is 98.2 Å². The number of halogens is 3. The highest BCUT2D eigenvalue weighted by atomic mass is 19.4. The highest BCUT2D eigenvalue weighted by molar-refractivity contribution is 5.48. The van der Waals surface area contributed by atoms with E-state index in [-0.39, 0.29) is 12.3 Å². The minimum atomic E-state index is -4.20. The van der Waals surface area contributed by atoms with E-state index in [2.05, 4.69) is 10.3 Å². The Hall–Kier alpha value is -1.26. The van der Waals surface area contributed by atoms with Crippen molar-refractivity contribution in [3.8, 4) is 0 Å². The van der Waals surface area contributed by atoms with Gasteiger partial charge in [0, 0.05) is 5.69 Å². The van der Waals surface area contributed by atoms with E-state index < -0.39 is 12.2 Å². The number of alkyl halides is 3. The summed E-state index contributed by atoms with van der Waals surface area (Å²) in [5, 5.41) is 2.50. The summed E-state index contributed by atoms with van der Waals surface area (Å²) < 4.78 is 37.8. The van der Waals surface area contributed by atoms with E-state index in [1.807, 2.05) is 26.0 Å². The Morgan fingerprint density at radius 1 is 1.35 bits per heavy atom. The molecule has 2 rings (SSSR count). The Balaban J connectivity index is 2.27. The number of aryl methyl sites for hydroxylation is 1. The SMILES string of the molecule is CC(C)c1ccc2c(n1)NC(C(F)(F)F)CC2. The molecular weight excluding hydrogens is 229 g/mol. The third-order valence-electron chi connectivity index (χ3n) is 3.00. The zero-order valence-corrected chi connectivity index (χ0v) is 9.80. The van der Waals surface area contributed by atoms with Crippen molar-refractivity contribution in [2.24, 2.45) is 0 Å². The Kier molecular flexibility index (Phi) is 3.02. The Bertz CT molecular complexity index is 413. The first kappa shape index (κ1) is 12.2. The molecule has 0 spiro atoms. The maximum absolute atomic E-state index is 12.6. The Morgan fingerprint density at radius 2 is 2.06 bits per heavy atom. The van der Waals surface area contributed by atoms with Gasteiger partial charge in [-0.05, 0) is 30.4 Å². The van der Waals surface area contributed by atoms with Crippen molar-refractivity contribution in [3.05, 3.63) is 23.4 Å². The molecule has 1 atom stereocenters. The van der Waals surface area contributed by atoms with E-state index in [9.17, 15) is 13.2 Å². The van der Waals surface area contributed by atoms with Crippen LogP contribution in [0.3, 0.4) is 0 Å². The van der Waals surface area contributed by atoms with E-state index in [1.165, 1.54) is 0 Å². The standard InChI is InChI=1S/C12H15F3N2/c1-7(2)9-5-3-8-4-6-10(12(13,14)15)17-11(8)16-9/h3,5,7,10H,4,6H2,1-2H3,(H,16,17). The molecule has 1 aromatic heterocycles. The lowest BCUT2D eigenvalue weighted by Crippen LogP contribution is -2.39. The summed E-state index contributed by atoms with van der Waals surface area (Å²) in [6.07, 6.45) is -3.69. The van der Waals surface area contributed by atoms with Gasteiger partial charge in [0.25, 0.3) is 0 Å². The summed E-state index contributed by atoms with van der Waals surface area (Å²) in [5.41, 5.74) is 1.69. The van der Waals surface area contributed by atoms with Crippen LogP contribution in [0.4, 0.5) is 19.0 Å². The number of pyridine rings is 1. The summed E-state index contributed by atoms with van der Waals surface area (Å²) in [6.45, 7) is 3.94. The van der Waals surface area contributed by atoms with Crippen LogP contribution in [0.5, 0.6) is 0 Å². The highest BCUT2D eigenvalue weighted by Gasteiger charge is 2.41. The van der Waals surface area contributed by atoms with Crippen LogP contribution in [0.25, 0.3) is 0 Å². The average Bonchev–Trinajstić information content (AvgIpc) is 2.26. The van der Waals surface area contributed by atoms with Crippen molar-refractivity contribution in [1.82, 2.24) is 4.98 Å². The van der Waals surface area contributed by atoms with E-state index >= 15 is 0 Å². The third-order valence-corrected chi connectivity index (χ3v) is 3.00. The van der Waals surface area contributed by atoms with Gasteiger partial charge in [-0.2, -0.15) is 13.2 Å². The van der Waals surface area contributed by atoms with E-state index in [4.69, 9.17) is 0 Å². The van der Waals surface area contributed by atoms with Crippen LogP contribution in [-0.2, 0) is 6.42 Å². The summed E-state index contributed by atoms with van der Waals surface area (Å²) in [5.74, 6) is 0.609. The number of nitrogens with zero attached hydrogens (tertiary/aromatic N) is 1. The smallest absolute Gasteiger partial charge is 0.358 e. The summed E-state index contributed by atoms with van der Waals surface area (Å²) in [7, 11) is 0. The summed E-state index contributed by atoms with van der Waals surface area (Å²) in [4.78, 5) is 4.27. The van der Waals surface area contributed by atoms with Crippen molar-refractivity contribution < 1.29 is 13.2 Å². The van der Waals surface area contributed by atoms with E-state index in [0.717, 1.165) is 11.3 Å². The lowest BCUT2D eigenvalue weighted by Gasteiger charge is -2.28. The first-order valence-corrected chi connectivity index (χ1v) is 5.71. The molecule has 0 bridgehead atoms. The van der Waals surface area contributed by atoms with Gasteiger partial charge in [-0.1, -0.05) is 19.9 Å². The van der Waals surface area contributed by atoms with Crippen LogP contribution in [0.1, 0.15) is 37.4 Å². The fourth-order valence-electron chi connectivity index (χ4n) is 1.93. The Morgan fingerprint density at radius 3 is 2.65 bits per heavy atom. The van der Waals surface area contributed by atoms with E-state index in [0.29, 0.717) is 12.2 Å². The number of fused-ring (bicyclic) bond motifs is 1. The maximum atomic E-state index is 12.6. The molecule has 0 saturated heterocycles. The molecule has 1 aliphatic rings. The van der Waals surface area contributed by atoms with Gasteiger partial charge in [0.1, 0.15) is 11.9 Å².